The van der Waals surface area contributed by atoms with Gasteiger partial charge in [0.05, 0.1) is 0 Å². The molecule has 0 heterocycles. The highest BCUT2D eigenvalue weighted by atomic mass is 16.6. The largest absolute Gasteiger partial charge is 0.462 e. The van der Waals surface area contributed by atoms with E-state index in [0.29, 0.717) is 19.3 Å². The fraction of sp³-hybridized carbons (Fsp3) is 0.693. The maximum Gasteiger partial charge on any atom is 0.306 e. The van der Waals surface area contributed by atoms with Crippen LogP contribution >= 0.6 is 0 Å². The van der Waals surface area contributed by atoms with Crippen molar-refractivity contribution in [2.24, 2.45) is 0 Å². The lowest BCUT2D eigenvalue weighted by Crippen LogP contribution is -2.30. The van der Waals surface area contributed by atoms with Gasteiger partial charge < -0.3 is 14.2 Å². The fourth-order valence-corrected chi connectivity index (χ4v) is 9.38. The second kappa shape index (κ2) is 68.3. The molecule has 6 nitrogen and oxygen atoms in total. The van der Waals surface area contributed by atoms with Crippen molar-refractivity contribution in [3.05, 3.63) is 122 Å². The minimum absolute atomic E-state index is 0.0967. The molecular formula is C75H126O6. The molecule has 0 spiro atoms. The molecule has 0 aromatic heterocycles. The van der Waals surface area contributed by atoms with Crippen molar-refractivity contribution in [3.8, 4) is 0 Å². The molecule has 1 atom stereocenters. The summed E-state index contributed by atoms with van der Waals surface area (Å²) in [5.74, 6) is -0.953. The lowest BCUT2D eigenvalue weighted by molar-refractivity contribution is -0.167. The van der Waals surface area contributed by atoms with Gasteiger partial charge in [-0.3, -0.25) is 14.4 Å². The van der Waals surface area contributed by atoms with Gasteiger partial charge in [-0.2, -0.15) is 0 Å². The maximum atomic E-state index is 12.9. The molecule has 0 fully saturated rings. The van der Waals surface area contributed by atoms with Crippen molar-refractivity contribution in [2.75, 3.05) is 13.2 Å². The van der Waals surface area contributed by atoms with Gasteiger partial charge in [-0.1, -0.05) is 309 Å². The Balaban J connectivity index is 4.45. The zero-order valence-electron chi connectivity index (χ0n) is 53.0. The molecule has 0 rings (SSSR count). The van der Waals surface area contributed by atoms with E-state index in [-0.39, 0.29) is 37.5 Å². The Bertz CT molecular complexity index is 1670. The molecule has 1 unspecified atom stereocenters. The smallest absolute Gasteiger partial charge is 0.306 e. The lowest BCUT2D eigenvalue weighted by Gasteiger charge is -2.18. The first-order valence-electron chi connectivity index (χ1n) is 34.0. The third-order valence-corrected chi connectivity index (χ3v) is 14.5. The molecule has 0 aliphatic carbocycles. The van der Waals surface area contributed by atoms with Gasteiger partial charge in [-0.05, 0) is 109 Å². The Kier molecular flexibility index (Phi) is 64.8. The van der Waals surface area contributed by atoms with Gasteiger partial charge in [-0.25, -0.2) is 0 Å². The maximum absolute atomic E-state index is 12.9. The molecule has 462 valence electrons. The number of carbonyl (C=O) groups excluding carboxylic acids is 3. The number of carbonyl (C=O) groups is 3. The zero-order chi connectivity index (χ0) is 58.5. The van der Waals surface area contributed by atoms with E-state index in [2.05, 4.69) is 142 Å². The molecule has 81 heavy (non-hydrogen) atoms. The predicted octanol–water partition coefficient (Wildman–Crippen LogP) is 23.6. The highest BCUT2D eigenvalue weighted by molar-refractivity contribution is 5.71. The van der Waals surface area contributed by atoms with Gasteiger partial charge in [0.15, 0.2) is 6.10 Å². The molecule has 6 heteroatoms. The van der Waals surface area contributed by atoms with Crippen molar-refractivity contribution < 1.29 is 28.6 Å². The van der Waals surface area contributed by atoms with Gasteiger partial charge in [0.25, 0.3) is 0 Å². The van der Waals surface area contributed by atoms with Crippen LogP contribution in [0.25, 0.3) is 0 Å². The summed E-state index contributed by atoms with van der Waals surface area (Å²) in [6.45, 7) is 6.50. The quantitative estimate of drug-likeness (QED) is 0.0261. The SMILES string of the molecule is CC/C=C\C/C=C\C/C=C\C/C=C\C/C=C\C/C=C\C/C=C\C/C=C\C/C=C\CCCC(=O)OCC(COC(=O)CCCCCCCCCCCCCCCCCCC)OC(=O)CCCCCCCCC/C=C\CCCCCCCC. The molecular weight excluding hydrogens is 997 g/mol. The summed E-state index contributed by atoms with van der Waals surface area (Å²) in [5, 5.41) is 0. The van der Waals surface area contributed by atoms with Crippen molar-refractivity contribution in [3.63, 3.8) is 0 Å². The van der Waals surface area contributed by atoms with E-state index in [0.717, 1.165) is 103 Å². The molecule has 0 amide bonds. The fourth-order valence-electron chi connectivity index (χ4n) is 9.38. The Hall–Kier alpha value is -4.19. The minimum Gasteiger partial charge on any atom is -0.462 e. The Morgan fingerprint density at radius 3 is 0.815 bits per heavy atom. The summed E-state index contributed by atoms with van der Waals surface area (Å²) < 4.78 is 16.9. The highest BCUT2D eigenvalue weighted by Crippen LogP contribution is 2.16. The second-order valence-electron chi connectivity index (χ2n) is 22.4. The summed E-state index contributed by atoms with van der Waals surface area (Å²) in [5.41, 5.74) is 0. The van der Waals surface area contributed by atoms with Crippen LogP contribution in [0.3, 0.4) is 0 Å². The van der Waals surface area contributed by atoms with Crippen LogP contribution in [0.5, 0.6) is 0 Å². The number of esters is 3. The normalized spacial score (nSPS) is 12.9. The van der Waals surface area contributed by atoms with E-state index in [4.69, 9.17) is 14.2 Å². The van der Waals surface area contributed by atoms with Crippen LogP contribution in [-0.2, 0) is 28.6 Å². The monoisotopic (exact) mass is 1120 g/mol. The predicted molar refractivity (Wildman–Crippen MR) is 353 cm³/mol. The number of hydrogen-bond donors (Lipinski definition) is 0. The van der Waals surface area contributed by atoms with Gasteiger partial charge in [0, 0.05) is 19.3 Å². The number of rotatable bonds is 61. The zero-order valence-corrected chi connectivity index (χ0v) is 53.0. The first-order valence-corrected chi connectivity index (χ1v) is 34.0. The number of ether oxygens (including phenoxy) is 3. The number of allylic oxidation sites excluding steroid dienone is 20. The molecule has 0 saturated heterocycles. The van der Waals surface area contributed by atoms with Gasteiger partial charge in [0.1, 0.15) is 13.2 Å². The molecule has 0 radical (unpaired) electrons. The van der Waals surface area contributed by atoms with Gasteiger partial charge in [0.2, 0.25) is 0 Å². The number of unbranched alkanes of at least 4 members (excludes halogenated alkanes) is 30. The minimum atomic E-state index is -0.806. The van der Waals surface area contributed by atoms with Crippen LogP contribution in [0.15, 0.2) is 122 Å². The van der Waals surface area contributed by atoms with E-state index >= 15 is 0 Å². The van der Waals surface area contributed by atoms with Crippen molar-refractivity contribution in [1.82, 2.24) is 0 Å². The van der Waals surface area contributed by atoms with Crippen molar-refractivity contribution in [1.29, 1.82) is 0 Å². The molecule has 0 aliphatic rings. The first kappa shape index (κ1) is 76.8. The van der Waals surface area contributed by atoms with Crippen LogP contribution in [0, 0.1) is 0 Å². The number of hydrogen-bond acceptors (Lipinski definition) is 6. The summed E-state index contributed by atoms with van der Waals surface area (Å²) >= 11 is 0. The second-order valence-corrected chi connectivity index (χ2v) is 22.4. The highest BCUT2D eigenvalue weighted by Gasteiger charge is 2.19. The van der Waals surface area contributed by atoms with Crippen LogP contribution in [0.2, 0.25) is 0 Å². The third kappa shape index (κ3) is 66.5. The van der Waals surface area contributed by atoms with E-state index in [1.54, 1.807) is 0 Å². The summed E-state index contributed by atoms with van der Waals surface area (Å²) in [6, 6.07) is 0. The molecule has 0 aromatic carbocycles. The van der Waals surface area contributed by atoms with E-state index in [1.165, 1.54) is 167 Å². The topological polar surface area (TPSA) is 78.9 Å². The standard InChI is InChI=1S/C75H126O6/c1-4-7-10-13-16-19-22-25-28-31-32-33-34-35-36-37-38-39-40-41-42-45-47-50-53-56-59-62-65-68-74(77)80-71-72(81-75(78)69-66-63-60-57-54-51-48-44-30-27-24-21-18-15-12-9-6-3)70-79-73(76)67-64-61-58-55-52-49-46-43-29-26-23-20-17-14-11-8-5-2/h7,10,16,19,25,27-28,30,32-33,35-36,38-39,41-42,47,50,56,59,72H,4-6,8-9,11-15,17-18,20-24,26,29,31,34,37,40,43-46,48-49,51-55,57-58,60-71H2,1-3H3/b10-7-,19-16-,28-25-,30-27-,33-32-,36-35-,39-38-,42-41-,50-47-,59-56-. The average molecular weight is 1120 g/mol. The van der Waals surface area contributed by atoms with Crippen LogP contribution in [0.4, 0.5) is 0 Å². The van der Waals surface area contributed by atoms with Gasteiger partial charge >= 0.3 is 17.9 Å². The van der Waals surface area contributed by atoms with Crippen molar-refractivity contribution in [2.45, 2.75) is 322 Å². The van der Waals surface area contributed by atoms with Crippen LogP contribution in [-0.4, -0.2) is 37.2 Å². The Morgan fingerprint density at radius 1 is 0.259 bits per heavy atom. The van der Waals surface area contributed by atoms with Crippen LogP contribution in [0.1, 0.15) is 316 Å². The lowest BCUT2D eigenvalue weighted by atomic mass is 10.0. The van der Waals surface area contributed by atoms with E-state index < -0.39 is 6.10 Å². The summed E-state index contributed by atoms with van der Waals surface area (Å²) in [4.78, 5) is 38.4. The molecule has 0 aliphatic heterocycles. The van der Waals surface area contributed by atoms with Gasteiger partial charge in [-0.15, -0.1) is 0 Å². The summed E-state index contributed by atoms with van der Waals surface area (Å²) in [6.07, 6.45) is 95.0. The molecule has 0 N–H and O–H groups in total. The average Bonchev–Trinajstić information content (AvgIpc) is 3.47. The van der Waals surface area contributed by atoms with E-state index in [1.807, 2.05) is 0 Å². The molecule has 0 aromatic rings. The molecule has 0 saturated carbocycles. The first-order chi connectivity index (χ1) is 40.0. The molecule has 0 bridgehead atoms. The Morgan fingerprint density at radius 2 is 0.494 bits per heavy atom. The Labute approximate surface area is 501 Å². The van der Waals surface area contributed by atoms with Crippen LogP contribution < -0.4 is 0 Å². The van der Waals surface area contributed by atoms with E-state index in [9.17, 15) is 14.4 Å². The van der Waals surface area contributed by atoms with Crippen molar-refractivity contribution >= 4 is 17.9 Å². The third-order valence-electron chi connectivity index (χ3n) is 14.5. The summed E-state index contributed by atoms with van der Waals surface area (Å²) in [7, 11) is 0.